The van der Waals surface area contributed by atoms with Crippen molar-refractivity contribution >= 4 is 17.2 Å². The maximum Gasteiger partial charge on any atom is 0.283 e. The summed E-state index contributed by atoms with van der Waals surface area (Å²) in [5.74, 6) is -0.350. The van der Waals surface area contributed by atoms with Crippen molar-refractivity contribution in [1.82, 2.24) is 0 Å². The highest BCUT2D eigenvalue weighted by Crippen LogP contribution is 2.40. The fourth-order valence-corrected chi connectivity index (χ4v) is 3.46. The van der Waals surface area contributed by atoms with E-state index >= 15 is 0 Å². The Morgan fingerprint density at radius 3 is 2.95 bits per heavy atom. The zero-order valence-corrected chi connectivity index (χ0v) is 12.8. The van der Waals surface area contributed by atoms with Crippen LogP contribution < -0.4 is 5.73 Å². The van der Waals surface area contributed by atoms with E-state index in [2.05, 4.69) is 0 Å². The SMILES string of the molecule is CCO[C@H]1OC(C(N)=O)=C[C@@H](c2cccs2)[C@@H]1CCCO. The molecule has 0 unspecified atom stereocenters. The zero-order chi connectivity index (χ0) is 15.2. The minimum atomic E-state index is -0.582. The van der Waals surface area contributed by atoms with E-state index in [1.165, 1.54) is 0 Å². The lowest BCUT2D eigenvalue weighted by Gasteiger charge is -2.36. The van der Waals surface area contributed by atoms with Crippen molar-refractivity contribution in [3.05, 3.63) is 34.2 Å². The minimum Gasteiger partial charge on any atom is -0.459 e. The maximum atomic E-state index is 11.5. The van der Waals surface area contributed by atoms with Gasteiger partial charge in [-0.1, -0.05) is 6.07 Å². The third-order valence-corrected chi connectivity index (χ3v) is 4.50. The van der Waals surface area contributed by atoms with Crippen LogP contribution in [0.25, 0.3) is 0 Å². The van der Waals surface area contributed by atoms with Crippen LogP contribution in [0.5, 0.6) is 0 Å². The highest BCUT2D eigenvalue weighted by atomic mass is 32.1. The number of aliphatic hydroxyl groups is 1. The van der Waals surface area contributed by atoms with Gasteiger partial charge in [-0.3, -0.25) is 4.79 Å². The molecule has 0 saturated carbocycles. The third kappa shape index (κ3) is 3.84. The molecular weight excluding hydrogens is 290 g/mol. The van der Waals surface area contributed by atoms with Crippen LogP contribution in [0.2, 0.25) is 0 Å². The maximum absolute atomic E-state index is 11.5. The molecule has 3 atom stereocenters. The minimum absolute atomic E-state index is 0.0179. The van der Waals surface area contributed by atoms with Crippen LogP contribution in [0.15, 0.2) is 29.3 Å². The lowest BCUT2D eigenvalue weighted by molar-refractivity contribution is -0.165. The van der Waals surface area contributed by atoms with Gasteiger partial charge in [0.1, 0.15) is 0 Å². The van der Waals surface area contributed by atoms with Crippen molar-refractivity contribution < 1.29 is 19.4 Å². The Kier molecular flexibility index (Phi) is 5.78. The lowest BCUT2D eigenvalue weighted by atomic mass is 9.84. The van der Waals surface area contributed by atoms with E-state index in [4.69, 9.17) is 20.3 Å². The number of allylic oxidation sites excluding steroid dienone is 1. The van der Waals surface area contributed by atoms with Crippen molar-refractivity contribution in [3.8, 4) is 0 Å². The molecule has 0 bridgehead atoms. The molecule has 2 heterocycles. The summed E-state index contributed by atoms with van der Waals surface area (Å²) in [5, 5.41) is 11.1. The van der Waals surface area contributed by atoms with E-state index in [0.717, 1.165) is 11.3 Å². The number of ether oxygens (including phenoxy) is 2. The number of hydrogen-bond donors (Lipinski definition) is 2. The van der Waals surface area contributed by atoms with Crippen molar-refractivity contribution in [2.75, 3.05) is 13.2 Å². The molecule has 0 saturated heterocycles. The second-order valence-corrected chi connectivity index (χ2v) is 5.89. The van der Waals surface area contributed by atoms with Gasteiger partial charge in [0, 0.05) is 29.9 Å². The summed E-state index contributed by atoms with van der Waals surface area (Å²) in [7, 11) is 0. The number of carbonyl (C=O) groups excluding carboxylic acids is 1. The number of hydrogen-bond acceptors (Lipinski definition) is 5. The highest BCUT2D eigenvalue weighted by molar-refractivity contribution is 7.10. The topological polar surface area (TPSA) is 81.8 Å². The average molecular weight is 311 g/mol. The molecule has 1 aromatic heterocycles. The Morgan fingerprint density at radius 1 is 1.57 bits per heavy atom. The smallest absolute Gasteiger partial charge is 0.283 e. The Balaban J connectivity index is 2.32. The van der Waals surface area contributed by atoms with Gasteiger partial charge in [0.15, 0.2) is 5.76 Å². The van der Waals surface area contributed by atoms with Gasteiger partial charge in [-0.2, -0.15) is 0 Å². The second-order valence-electron chi connectivity index (χ2n) is 4.91. The Morgan fingerprint density at radius 2 is 2.38 bits per heavy atom. The van der Waals surface area contributed by atoms with E-state index in [9.17, 15) is 4.79 Å². The second kappa shape index (κ2) is 7.59. The molecule has 2 rings (SSSR count). The quantitative estimate of drug-likeness (QED) is 0.807. The van der Waals surface area contributed by atoms with E-state index in [0.29, 0.717) is 13.0 Å². The summed E-state index contributed by atoms with van der Waals surface area (Å²) in [6.45, 7) is 2.50. The van der Waals surface area contributed by atoms with Crippen LogP contribution in [-0.2, 0) is 14.3 Å². The van der Waals surface area contributed by atoms with E-state index in [1.807, 2.05) is 24.4 Å². The summed E-state index contributed by atoms with van der Waals surface area (Å²) in [6, 6.07) is 4.01. The summed E-state index contributed by atoms with van der Waals surface area (Å²) in [4.78, 5) is 12.6. The van der Waals surface area contributed by atoms with E-state index < -0.39 is 12.2 Å². The number of rotatable bonds is 7. The molecule has 0 spiro atoms. The molecule has 3 N–H and O–H groups in total. The molecule has 0 aromatic carbocycles. The fourth-order valence-electron chi connectivity index (χ4n) is 2.59. The van der Waals surface area contributed by atoms with Gasteiger partial charge in [0.25, 0.3) is 5.91 Å². The molecule has 116 valence electrons. The van der Waals surface area contributed by atoms with Gasteiger partial charge < -0.3 is 20.3 Å². The van der Waals surface area contributed by atoms with Crippen LogP contribution in [0.3, 0.4) is 0 Å². The van der Waals surface area contributed by atoms with Gasteiger partial charge in [-0.05, 0) is 37.3 Å². The largest absolute Gasteiger partial charge is 0.459 e. The summed E-state index contributed by atoms with van der Waals surface area (Å²) < 4.78 is 11.3. The molecule has 0 radical (unpaired) electrons. The van der Waals surface area contributed by atoms with Crippen molar-refractivity contribution in [2.24, 2.45) is 11.7 Å². The lowest BCUT2D eigenvalue weighted by Crippen LogP contribution is -2.37. The first-order valence-corrected chi connectivity index (χ1v) is 7.99. The molecule has 0 fully saturated rings. The Hall–Kier alpha value is -1.37. The van der Waals surface area contributed by atoms with E-state index in [-0.39, 0.29) is 24.2 Å². The van der Waals surface area contributed by atoms with Crippen LogP contribution in [-0.4, -0.2) is 30.5 Å². The van der Waals surface area contributed by atoms with Gasteiger partial charge in [0.05, 0.1) is 0 Å². The molecule has 0 aliphatic carbocycles. The number of carbonyl (C=O) groups is 1. The van der Waals surface area contributed by atoms with Gasteiger partial charge in [-0.15, -0.1) is 11.3 Å². The standard InChI is InChI=1S/C15H21NO4S/c1-2-19-15-10(5-3-7-17)11(13-6-4-8-21-13)9-12(20-15)14(16)18/h4,6,8-11,15,17H,2-3,5,7H2,1H3,(H2,16,18)/t10-,11+,15-/m0/s1. The number of aliphatic hydroxyl groups excluding tert-OH is 1. The molecule has 1 aliphatic heterocycles. The number of amides is 1. The summed E-state index contributed by atoms with van der Waals surface area (Å²) in [5.41, 5.74) is 5.36. The summed E-state index contributed by atoms with van der Waals surface area (Å²) >= 11 is 1.63. The van der Waals surface area contributed by atoms with Gasteiger partial charge in [0.2, 0.25) is 6.29 Å². The first-order chi connectivity index (χ1) is 10.2. The predicted octanol–water partition coefficient (Wildman–Crippen LogP) is 1.98. The molecule has 1 amide bonds. The third-order valence-electron chi connectivity index (χ3n) is 3.53. The van der Waals surface area contributed by atoms with Crippen molar-refractivity contribution in [3.63, 3.8) is 0 Å². The molecule has 6 heteroatoms. The first kappa shape index (κ1) is 16.0. The fraction of sp³-hybridized carbons (Fsp3) is 0.533. The normalized spacial score (nSPS) is 25.2. The van der Waals surface area contributed by atoms with Crippen LogP contribution >= 0.6 is 11.3 Å². The summed E-state index contributed by atoms with van der Waals surface area (Å²) in [6.07, 6.45) is 2.69. The monoisotopic (exact) mass is 311 g/mol. The van der Waals surface area contributed by atoms with Crippen LogP contribution in [0, 0.1) is 5.92 Å². The van der Waals surface area contributed by atoms with E-state index in [1.54, 1.807) is 17.4 Å². The van der Waals surface area contributed by atoms with Crippen LogP contribution in [0.1, 0.15) is 30.6 Å². The molecular formula is C15H21NO4S. The highest BCUT2D eigenvalue weighted by Gasteiger charge is 2.37. The molecule has 21 heavy (non-hydrogen) atoms. The molecule has 5 nitrogen and oxygen atoms in total. The molecule has 1 aliphatic rings. The van der Waals surface area contributed by atoms with Gasteiger partial charge >= 0.3 is 0 Å². The predicted molar refractivity (Wildman–Crippen MR) is 80.6 cm³/mol. The van der Waals surface area contributed by atoms with Crippen molar-refractivity contribution in [1.29, 1.82) is 0 Å². The number of nitrogens with two attached hydrogens (primary N) is 1. The Labute approximate surface area is 128 Å². The number of thiophene rings is 1. The number of primary amides is 1. The zero-order valence-electron chi connectivity index (χ0n) is 12.0. The van der Waals surface area contributed by atoms with Gasteiger partial charge in [-0.25, -0.2) is 0 Å². The Bertz CT molecular complexity index is 486. The molecule has 1 aromatic rings. The van der Waals surface area contributed by atoms with Crippen LogP contribution in [0.4, 0.5) is 0 Å². The average Bonchev–Trinajstić information content (AvgIpc) is 2.99. The first-order valence-electron chi connectivity index (χ1n) is 7.11. The van der Waals surface area contributed by atoms with Crippen molar-refractivity contribution in [2.45, 2.75) is 32.0 Å².